The van der Waals surface area contributed by atoms with Crippen molar-refractivity contribution in [1.29, 1.82) is 0 Å². The van der Waals surface area contributed by atoms with Gasteiger partial charge in [0, 0.05) is 12.0 Å². The molecule has 0 fully saturated rings. The second-order valence-electron chi connectivity index (χ2n) is 3.08. The summed E-state index contributed by atoms with van der Waals surface area (Å²) in [6.07, 6.45) is 4.79. The van der Waals surface area contributed by atoms with Gasteiger partial charge in [-0.3, -0.25) is 0 Å². The van der Waals surface area contributed by atoms with Gasteiger partial charge in [0.25, 0.3) is 5.92 Å². The first kappa shape index (κ1) is 10.7. The molecular weight excluding hydrogens is 184 g/mol. The largest absolute Gasteiger partial charge is 0.325 e. The second kappa shape index (κ2) is 4.21. The van der Waals surface area contributed by atoms with Crippen LogP contribution in [0.3, 0.4) is 0 Å². The van der Waals surface area contributed by atoms with Gasteiger partial charge in [0.2, 0.25) is 0 Å². The van der Waals surface area contributed by atoms with Gasteiger partial charge in [0.1, 0.15) is 0 Å². The minimum atomic E-state index is -2.85. The molecule has 0 saturated carbocycles. The van der Waals surface area contributed by atoms with Crippen molar-refractivity contribution >= 4 is 0 Å². The molecule has 1 nitrogen and oxygen atoms in total. The van der Waals surface area contributed by atoms with Crippen molar-refractivity contribution in [3.05, 3.63) is 35.4 Å². The lowest BCUT2D eigenvalue weighted by molar-refractivity contribution is 0.0115. The maximum Gasteiger partial charge on any atom is 0.264 e. The molecule has 1 rings (SSSR count). The normalized spacial score (nSPS) is 11.0. The third-order valence-corrected chi connectivity index (χ3v) is 1.86. The van der Waals surface area contributed by atoms with E-state index < -0.39 is 12.5 Å². The fraction of sp³-hybridized carbons (Fsp3) is 0.273. The SMILES string of the molecule is C#Cc1cccc(CC(F)(F)CN)c1. The molecule has 0 aromatic heterocycles. The van der Waals surface area contributed by atoms with Crippen molar-refractivity contribution in [2.75, 3.05) is 6.54 Å². The van der Waals surface area contributed by atoms with Gasteiger partial charge in [0.05, 0.1) is 6.54 Å². The minimum absolute atomic E-state index is 0.362. The zero-order chi connectivity index (χ0) is 10.6. The van der Waals surface area contributed by atoms with E-state index in [-0.39, 0.29) is 6.42 Å². The summed E-state index contributed by atoms with van der Waals surface area (Å²) < 4.78 is 25.8. The number of benzene rings is 1. The van der Waals surface area contributed by atoms with Gasteiger partial charge < -0.3 is 5.73 Å². The van der Waals surface area contributed by atoms with E-state index >= 15 is 0 Å². The summed E-state index contributed by atoms with van der Waals surface area (Å²) in [4.78, 5) is 0. The predicted octanol–water partition coefficient (Wildman–Crippen LogP) is 1.80. The molecule has 0 spiro atoms. The zero-order valence-electron chi connectivity index (χ0n) is 7.63. The van der Waals surface area contributed by atoms with E-state index in [1.54, 1.807) is 24.3 Å². The highest BCUT2D eigenvalue weighted by Gasteiger charge is 2.26. The van der Waals surface area contributed by atoms with Crippen molar-refractivity contribution in [1.82, 2.24) is 0 Å². The van der Waals surface area contributed by atoms with Crippen LogP contribution in [-0.2, 0) is 6.42 Å². The van der Waals surface area contributed by atoms with Crippen LogP contribution in [0.25, 0.3) is 0 Å². The van der Waals surface area contributed by atoms with E-state index in [0.29, 0.717) is 11.1 Å². The fourth-order valence-electron chi connectivity index (χ4n) is 1.14. The van der Waals surface area contributed by atoms with Crippen LogP contribution in [-0.4, -0.2) is 12.5 Å². The summed E-state index contributed by atoms with van der Waals surface area (Å²) in [7, 11) is 0. The summed E-state index contributed by atoms with van der Waals surface area (Å²) >= 11 is 0. The number of halogens is 2. The van der Waals surface area contributed by atoms with Crippen LogP contribution >= 0.6 is 0 Å². The highest BCUT2D eigenvalue weighted by atomic mass is 19.3. The Kier molecular flexibility index (Phi) is 3.21. The van der Waals surface area contributed by atoms with Gasteiger partial charge in [0.15, 0.2) is 0 Å². The van der Waals surface area contributed by atoms with Crippen molar-refractivity contribution in [2.24, 2.45) is 5.73 Å². The average Bonchev–Trinajstić information content (AvgIpc) is 2.17. The van der Waals surface area contributed by atoms with E-state index in [4.69, 9.17) is 12.2 Å². The van der Waals surface area contributed by atoms with E-state index in [0.717, 1.165) is 0 Å². The standard InChI is InChI=1S/C11H11F2N/c1-2-9-4-3-5-10(6-9)7-11(12,13)8-14/h1,3-6H,7-8,14H2. The Morgan fingerprint density at radius 3 is 2.71 bits per heavy atom. The molecule has 14 heavy (non-hydrogen) atoms. The van der Waals surface area contributed by atoms with E-state index in [1.807, 2.05) is 0 Å². The molecule has 1 aromatic rings. The summed E-state index contributed by atoms with van der Waals surface area (Å²) in [6.45, 7) is -0.646. The molecule has 0 radical (unpaired) electrons. The van der Waals surface area contributed by atoms with Gasteiger partial charge in [-0.2, -0.15) is 0 Å². The Labute approximate surface area is 81.9 Å². The molecule has 0 aliphatic carbocycles. The first-order valence-corrected chi connectivity index (χ1v) is 4.21. The Balaban J connectivity index is 2.83. The molecule has 0 bridgehead atoms. The van der Waals surface area contributed by atoms with Crippen LogP contribution in [0.4, 0.5) is 8.78 Å². The molecule has 2 N–H and O–H groups in total. The van der Waals surface area contributed by atoms with Gasteiger partial charge in [-0.15, -0.1) is 6.42 Å². The zero-order valence-corrected chi connectivity index (χ0v) is 7.63. The van der Waals surface area contributed by atoms with Crippen LogP contribution in [0.1, 0.15) is 11.1 Å². The number of hydrogen-bond donors (Lipinski definition) is 1. The van der Waals surface area contributed by atoms with Crippen LogP contribution in [0.2, 0.25) is 0 Å². The molecule has 0 aliphatic rings. The van der Waals surface area contributed by atoms with Crippen LogP contribution < -0.4 is 5.73 Å². The maximum absolute atomic E-state index is 12.9. The van der Waals surface area contributed by atoms with Crippen molar-refractivity contribution in [3.63, 3.8) is 0 Å². The highest BCUT2D eigenvalue weighted by Crippen LogP contribution is 2.18. The Morgan fingerprint density at radius 2 is 2.14 bits per heavy atom. The molecule has 0 saturated heterocycles. The Bertz CT molecular complexity index is 353. The third kappa shape index (κ3) is 2.82. The van der Waals surface area contributed by atoms with Crippen molar-refractivity contribution < 1.29 is 8.78 Å². The summed E-state index contributed by atoms with van der Waals surface area (Å²) in [6, 6.07) is 6.55. The fourth-order valence-corrected chi connectivity index (χ4v) is 1.14. The summed E-state index contributed by atoms with van der Waals surface area (Å²) in [5, 5.41) is 0. The van der Waals surface area contributed by atoms with E-state index in [1.165, 1.54) is 0 Å². The quantitative estimate of drug-likeness (QED) is 0.731. The lowest BCUT2D eigenvalue weighted by Crippen LogP contribution is -2.30. The minimum Gasteiger partial charge on any atom is -0.325 e. The van der Waals surface area contributed by atoms with Gasteiger partial charge in [-0.05, 0) is 17.7 Å². The first-order valence-electron chi connectivity index (χ1n) is 4.21. The lowest BCUT2D eigenvalue weighted by atomic mass is 10.0. The van der Waals surface area contributed by atoms with Gasteiger partial charge in [-0.1, -0.05) is 18.1 Å². The molecule has 0 aliphatic heterocycles. The van der Waals surface area contributed by atoms with Gasteiger partial charge in [-0.25, -0.2) is 8.78 Å². The summed E-state index contributed by atoms with van der Waals surface area (Å²) in [5.74, 6) is -0.459. The average molecular weight is 195 g/mol. The molecule has 0 heterocycles. The van der Waals surface area contributed by atoms with Crippen molar-refractivity contribution in [3.8, 4) is 12.3 Å². The predicted molar refractivity (Wildman–Crippen MR) is 52.1 cm³/mol. The number of nitrogens with two attached hydrogens (primary N) is 1. The number of terminal acetylenes is 1. The number of alkyl halides is 2. The van der Waals surface area contributed by atoms with Crippen LogP contribution in [0.5, 0.6) is 0 Å². The molecule has 0 unspecified atom stereocenters. The number of hydrogen-bond acceptors (Lipinski definition) is 1. The summed E-state index contributed by atoms with van der Waals surface area (Å²) in [5.41, 5.74) is 6.05. The molecule has 3 heteroatoms. The maximum atomic E-state index is 12.9. The monoisotopic (exact) mass is 195 g/mol. The van der Waals surface area contributed by atoms with Gasteiger partial charge >= 0.3 is 0 Å². The van der Waals surface area contributed by atoms with Crippen LogP contribution in [0.15, 0.2) is 24.3 Å². The smallest absolute Gasteiger partial charge is 0.264 e. The first-order chi connectivity index (χ1) is 6.57. The number of rotatable bonds is 3. The molecule has 0 atom stereocenters. The third-order valence-electron chi connectivity index (χ3n) is 1.86. The van der Waals surface area contributed by atoms with Crippen LogP contribution in [0, 0.1) is 12.3 Å². The Morgan fingerprint density at radius 1 is 1.43 bits per heavy atom. The molecule has 74 valence electrons. The van der Waals surface area contributed by atoms with Crippen molar-refractivity contribution in [2.45, 2.75) is 12.3 Å². The highest BCUT2D eigenvalue weighted by molar-refractivity contribution is 5.35. The van der Waals surface area contributed by atoms with E-state index in [2.05, 4.69) is 5.92 Å². The molecule has 0 amide bonds. The topological polar surface area (TPSA) is 26.0 Å². The molecular formula is C11H11F2N. The molecule has 1 aromatic carbocycles. The van der Waals surface area contributed by atoms with E-state index in [9.17, 15) is 8.78 Å². The lowest BCUT2D eigenvalue weighted by Gasteiger charge is -2.13. The second-order valence-corrected chi connectivity index (χ2v) is 3.08. The Hall–Kier alpha value is -1.40.